The number of carbonyl (C=O) groups is 2. The summed E-state index contributed by atoms with van der Waals surface area (Å²) < 4.78 is 7.30. The third kappa shape index (κ3) is 4.05. The van der Waals surface area contributed by atoms with Crippen LogP contribution in [0.3, 0.4) is 0 Å². The minimum absolute atomic E-state index is 0.0140. The molecule has 0 aliphatic rings. The lowest BCUT2D eigenvalue weighted by atomic mass is 10.1. The Morgan fingerprint density at radius 1 is 1.03 bits per heavy atom. The standard InChI is InChI=1S/C22H19N5O5S/c1-4-32-20(30)16-15(12-8-6-5-7-9-12)24-21(33-16)25-18(28)14-11-10-13-17(23-14)26(2)22(31)27(3)19(13)29/h5-11H,4H2,1-3H3,(H,24,25,28). The van der Waals surface area contributed by atoms with Gasteiger partial charge in [0.25, 0.3) is 11.5 Å². The van der Waals surface area contributed by atoms with Gasteiger partial charge in [-0.15, -0.1) is 0 Å². The molecule has 0 radical (unpaired) electrons. The summed E-state index contributed by atoms with van der Waals surface area (Å²) in [7, 11) is 2.84. The van der Waals surface area contributed by atoms with E-state index >= 15 is 0 Å². The van der Waals surface area contributed by atoms with Crippen LogP contribution in [0.2, 0.25) is 0 Å². The summed E-state index contributed by atoms with van der Waals surface area (Å²) in [6.45, 7) is 1.90. The molecule has 33 heavy (non-hydrogen) atoms. The van der Waals surface area contributed by atoms with Crippen LogP contribution in [0, 0.1) is 0 Å². The van der Waals surface area contributed by atoms with Crippen LogP contribution in [0.15, 0.2) is 52.1 Å². The highest BCUT2D eigenvalue weighted by molar-refractivity contribution is 7.18. The third-order valence-electron chi connectivity index (χ3n) is 4.89. The van der Waals surface area contributed by atoms with Crippen LogP contribution in [-0.2, 0) is 18.8 Å². The molecule has 10 nitrogen and oxygen atoms in total. The Morgan fingerprint density at radius 2 is 1.76 bits per heavy atom. The quantitative estimate of drug-likeness (QED) is 0.448. The number of rotatable bonds is 5. The van der Waals surface area contributed by atoms with Crippen molar-refractivity contribution < 1.29 is 14.3 Å². The smallest absolute Gasteiger partial charge is 0.350 e. The molecule has 3 heterocycles. The van der Waals surface area contributed by atoms with Crippen molar-refractivity contribution in [1.29, 1.82) is 0 Å². The van der Waals surface area contributed by atoms with Gasteiger partial charge >= 0.3 is 11.7 Å². The van der Waals surface area contributed by atoms with Gasteiger partial charge in [0.15, 0.2) is 5.13 Å². The predicted molar refractivity (Wildman–Crippen MR) is 124 cm³/mol. The number of carbonyl (C=O) groups excluding carboxylic acids is 2. The number of aromatic nitrogens is 4. The summed E-state index contributed by atoms with van der Waals surface area (Å²) >= 11 is 0.985. The summed E-state index contributed by atoms with van der Waals surface area (Å²) in [6.07, 6.45) is 0. The van der Waals surface area contributed by atoms with Crippen LogP contribution in [-0.4, -0.2) is 37.6 Å². The Labute approximate surface area is 191 Å². The maximum absolute atomic E-state index is 12.9. The van der Waals surface area contributed by atoms with Crippen LogP contribution in [0.1, 0.15) is 27.1 Å². The maximum atomic E-state index is 12.9. The fourth-order valence-corrected chi connectivity index (χ4v) is 4.12. The lowest BCUT2D eigenvalue weighted by Gasteiger charge is -2.08. The lowest BCUT2D eigenvalue weighted by Crippen LogP contribution is -2.37. The number of thiazole rings is 1. The number of esters is 1. The Hall–Kier alpha value is -4.12. The van der Waals surface area contributed by atoms with E-state index in [9.17, 15) is 19.2 Å². The first-order valence-electron chi connectivity index (χ1n) is 9.93. The van der Waals surface area contributed by atoms with E-state index in [0.29, 0.717) is 11.3 Å². The minimum atomic E-state index is -0.603. The Morgan fingerprint density at radius 3 is 2.45 bits per heavy atom. The number of hydrogen-bond acceptors (Lipinski definition) is 8. The lowest BCUT2D eigenvalue weighted by molar-refractivity contribution is 0.0532. The summed E-state index contributed by atoms with van der Waals surface area (Å²) in [5.41, 5.74) is 0.119. The molecule has 0 saturated heterocycles. The van der Waals surface area contributed by atoms with Crippen molar-refractivity contribution in [2.24, 2.45) is 14.1 Å². The largest absolute Gasteiger partial charge is 0.462 e. The van der Waals surface area contributed by atoms with E-state index in [4.69, 9.17) is 4.74 Å². The van der Waals surface area contributed by atoms with Crippen LogP contribution >= 0.6 is 11.3 Å². The molecule has 0 fully saturated rings. The van der Waals surface area contributed by atoms with Crippen molar-refractivity contribution in [3.8, 4) is 11.3 Å². The van der Waals surface area contributed by atoms with E-state index in [2.05, 4.69) is 15.3 Å². The van der Waals surface area contributed by atoms with Gasteiger partial charge in [0.1, 0.15) is 16.2 Å². The SMILES string of the molecule is CCOC(=O)c1sc(NC(=O)c2ccc3c(=O)n(C)c(=O)n(C)c3n2)nc1-c1ccccc1. The first-order chi connectivity index (χ1) is 15.8. The molecule has 4 aromatic rings. The minimum Gasteiger partial charge on any atom is -0.462 e. The fraction of sp³-hybridized carbons (Fsp3) is 0.182. The predicted octanol–water partition coefficient (Wildman–Crippen LogP) is 2.18. The molecule has 0 aliphatic carbocycles. The summed E-state index contributed by atoms with van der Waals surface area (Å²) in [6, 6.07) is 11.9. The zero-order valence-electron chi connectivity index (χ0n) is 18.0. The summed E-state index contributed by atoms with van der Waals surface area (Å²) in [5.74, 6) is -1.14. The van der Waals surface area contributed by atoms with Gasteiger partial charge in [-0.05, 0) is 19.1 Å². The number of aryl methyl sites for hydroxylation is 1. The number of benzene rings is 1. The molecule has 1 aromatic carbocycles. The Kier molecular flexibility index (Phi) is 5.88. The maximum Gasteiger partial charge on any atom is 0.350 e. The molecule has 11 heteroatoms. The van der Waals surface area contributed by atoms with Crippen molar-refractivity contribution in [3.05, 3.63) is 73.9 Å². The number of anilines is 1. The average molecular weight is 465 g/mol. The van der Waals surface area contributed by atoms with Crippen molar-refractivity contribution in [2.75, 3.05) is 11.9 Å². The number of pyridine rings is 1. The molecule has 4 rings (SSSR count). The van der Waals surface area contributed by atoms with Gasteiger partial charge in [-0.2, -0.15) is 0 Å². The number of hydrogen-bond donors (Lipinski definition) is 1. The van der Waals surface area contributed by atoms with Gasteiger partial charge in [-0.1, -0.05) is 41.7 Å². The Bertz CT molecular complexity index is 1500. The number of fused-ring (bicyclic) bond motifs is 1. The summed E-state index contributed by atoms with van der Waals surface area (Å²) in [4.78, 5) is 58.7. The zero-order chi connectivity index (χ0) is 23.7. The Balaban J connectivity index is 1.71. The van der Waals surface area contributed by atoms with Gasteiger partial charge in [0.2, 0.25) is 0 Å². The van der Waals surface area contributed by atoms with E-state index in [1.54, 1.807) is 19.1 Å². The topological polar surface area (TPSA) is 125 Å². The molecule has 0 unspecified atom stereocenters. The molecule has 0 bridgehead atoms. The van der Waals surface area contributed by atoms with E-state index < -0.39 is 23.1 Å². The second-order valence-corrected chi connectivity index (χ2v) is 8.01. The van der Waals surface area contributed by atoms with Crippen molar-refractivity contribution in [2.45, 2.75) is 6.92 Å². The highest BCUT2D eigenvalue weighted by Gasteiger charge is 2.22. The third-order valence-corrected chi connectivity index (χ3v) is 5.84. The highest BCUT2D eigenvalue weighted by atomic mass is 32.1. The van der Waals surface area contributed by atoms with Crippen molar-refractivity contribution >= 4 is 39.4 Å². The molecule has 1 N–H and O–H groups in total. The molecule has 0 aliphatic heterocycles. The van der Waals surface area contributed by atoms with Crippen molar-refractivity contribution in [3.63, 3.8) is 0 Å². The summed E-state index contributed by atoms with van der Waals surface area (Å²) in [5, 5.41) is 3.03. The van der Waals surface area contributed by atoms with Gasteiger partial charge in [-0.3, -0.25) is 24.0 Å². The molecule has 168 valence electrons. The molecular formula is C22H19N5O5S. The molecule has 0 spiro atoms. The van der Waals surface area contributed by atoms with Crippen molar-refractivity contribution in [1.82, 2.24) is 19.1 Å². The van der Waals surface area contributed by atoms with E-state index in [1.165, 1.54) is 30.8 Å². The zero-order valence-corrected chi connectivity index (χ0v) is 18.8. The number of ether oxygens (including phenoxy) is 1. The number of nitrogens with one attached hydrogen (secondary N) is 1. The monoisotopic (exact) mass is 465 g/mol. The molecule has 0 saturated carbocycles. The van der Waals surface area contributed by atoms with Crippen LogP contribution in [0.25, 0.3) is 22.3 Å². The van der Waals surface area contributed by atoms with Crippen LogP contribution in [0.4, 0.5) is 5.13 Å². The second-order valence-electron chi connectivity index (χ2n) is 7.01. The molecule has 1 amide bonds. The van der Waals surface area contributed by atoms with Gasteiger partial charge < -0.3 is 4.74 Å². The van der Waals surface area contributed by atoms with E-state index in [-0.39, 0.29) is 33.3 Å². The number of amides is 1. The van der Waals surface area contributed by atoms with Gasteiger partial charge in [-0.25, -0.2) is 19.6 Å². The highest BCUT2D eigenvalue weighted by Crippen LogP contribution is 2.32. The molecule has 0 atom stereocenters. The van der Waals surface area contributed by atoms with Gasteiger partial charge in [0.05, 0.1) is 17.7 Å². The van der Waals surface area contributed by atoms with E-state index in [1.807, 2.05) is 18.2 Å². The normalized spacial score (nSPS) is 10.9. The number of nitrogens with zero attached hydrogens (tertiary/aromatic N) is 4. The van der Waals surface area contributed by atoms with Gasteiger partial charge in [0, 0.05) is 19.7 Å². The average Bonchev–Trinajstić information content (AvgIpc) is 3.25. The first-order valence-corrected chi connectivity index (χ1v) is 10.7. The second kappa shape index (κ2) is 8.79. The van der Waals surface area contributed by atoms with Crippen LogP contribution < -0.4 is 16.6 Å². The molecular weight excluding hydrogens is 446 g/mol. The van der Waals surface area contributed by atoms with Crippen LogP contribution in [0.5, 0.6) is 0 Å². The fourth-order valence-electron chi connectivity index (χ4n) is 3.24. The molecule has 3 aromatic heterocycles. The first kappa shape index (κ1) is 22.1. The van der Waals surface area contributed by atoms with E-state index in [0.717, 1.165) is 15.9 Å².